The summed E-state index contributed by atoms with van der Waals surface area (Å²) in [5.41, 5.74) is 0.808. The van der Waals surface area contributed by atoms with Crippen molar-refractivity contribution in [3.05, 3.63) is 11.6 Å². The molecule has 0 radical (unpaired) electrons. The molecule has 0 amide bonds. The Balaban J connectivity index is 2.77. The van der Waals surface area contributed by atoms with E-state index in [2.05, 4.69) is 25.9 Å². The zero-order valence-electron chi connectivity index (χ0n) is 19.1. The molecule has 164 valence electrons. The smallest absolute Gasteiger partial charge is 0.163 e. The maximum Gasteiger partial charge on any atom is 0.163 e. The van der Waals surface area contributed by atoms with Crippen molar-refractivity contribution in [3.63, 3.8) is 0 Å². The predicted octanol–water partition coefficient (Wildman–Crippen LogP) is 4.33. The van der Waals surface area contributed by atoms with E-state index in [1.54, 1.807) is 0 Å². The molecule has 5 heteroatoms. The first-order valence-corrected chi connectivity index (χ1v) is 11.1. The number of carbonyl (C=O) groups excluding carboxylic acids is 1. The van der Waals surface area contributed by atoms with Crippen molar-refractivity contribution in [2.24, 2.45) is 5.92 Å². The zero-order valence-corrected chi connectivity index (χ0v) is 19.1. The van der Waals surface area contributed by atoms with E-state index in [-0.39, 0.29) is 36.3 Å². The first-order valence-electron chi connectivity index (χ1n) is 11.1. The first kappa shape index (κ1) is 25.3. The van der Waals surface area contributed by atoms with Crippen LogP contribution < -0.4 is 0 Å². The number of aliphatic hydroxyl groups is 1. The van der Waals surface area contributed by atoms with Gasteiger partial charge in [-0.15, -0.1) is 0 Å². The fourth-order valence-electron chi connectivity index (χ4n) is 4.04. The minimum Gasteiger partial charge on any atom is -0.393 e. The van der Waals surface area contributed by atoms with Crippen LogP contribution in [0.4, 0.5) is 0 Å². The number of likely N-dealkylation sites (N-methyl/N-ethyl adjacent to an activating group) is 1. The summed E-state index contributed by atoms with van der Waals surface area (Å²) < 4.78 is 12.5. The van der Waals surface area contributed by atoms with Gasteiger partial charge in [0.2, 0.25) is 0 Å². The third-order valence-electron chi connectivity index (χ3n) is 5.96. The second-order valence-corrected chi connectivity index (χ2v) is 8.49. The maximum atomic E-state index is 12.8. The third kappa shape index (κ3) is 7.94. The average molecular weight is 398 g/mol. The first-order chi connectivity index (χ1) is 13.2. The molecule has 0 aromatic heterocycles. The van der Waals surface area contributed by atoms with E-state index >= 15 is 0 Å². The second kappa shape index (κ2) is 12.7. The number of Topliss-reactive ketones (excluding diaryl/α,β-unsaturated/α-hetero) is 1. The number of aliphatic hydroxyl groups excluding tert-OH is 1. The number of ether oxygens (including phenoxy) is 2. The molecular formula is C23H43NO4. The van der Waals surface area contributed by atoms with Crippen LogP contribution in [0.2, 0.25) is 0 Å². The number of allylic oxidation sites excluding steroid dienone is 2. The molecule has 0 saturated carbocycles. The Morgan fingerprint density at radius 3 is 2.50 bits per heavy atom. The summed E-state index contributed by atoms with van der Waals surface area (Å²) in [6, 6.07) is 0.395. The lowest BCUT2D eigenvalue weighted by molar-refractivity contribution is -0.231. The van der Waals surface area contributed by atoms with Crippen LogP contribution >= 0.6 is 0 Å². The molecule has 0 aromatic rings. The van der Waals surface area contributed by atoms with Gasteiger partial charge in [-0.05, 0) is 78.5 Å². The minimum absolute atomic E-state index is 0.101. The van der Waals surface area contributed by atoms with Crippen molar-refractivity contribution in [1.82, 2.24) is 4.90 Å². The molecular weight excluding hydrogens is 354 g/mol. The molecule has 28 heavy (non-hydrogen) atoms. The normalized spacial score (nSPS) is 26.9. The molecule has 1 unspecified atom stereocenters. The molecule has 0 spiro atoms. The van der Waals surface area contributed by atoms with E-state index in [4.69, 9.17) is 9.47 Å². The predicted molar refractivity (Wildman–Crippen MR) is 114 cm³/mol. The third-order valence-corrected chi connectivity index (χ3v) is 5.96. The molecule has 0 bridgehead atoms. The largest absolute Gasteiger partial charge is 0.393 e. The van der Waals surface area contributed by atoms with Crippen molar-refractivity contribution in [1.29, 1.82) is 0 Å². The lowest BCUT2D eigenvalue weighted by atomic mass is 9.90. The maximum absolute atomic E-state index is 12.8. The molecule has 1 rings (SSSR count). The van der Waals surface area contributed by atoms with Gasteiger partial charge in [0, 0.05) is 12.0 Å². The lowest BCUT2D eigenvalue weighted by Crippen LogP contribution is -2.47. The highest BCUT2D eigenvalue weighted by Crippen LogP contribution is 2.28. The Bertz CT molecular complexity index is 491. The van der Waals surface area contributed by atoms with E-state index < -0.39 is 0 Å². The van der Waals surface area contributed by atoms with Crippen LogP contribution in [-0.2, 0) is 14.3 Å². The summed E-state index contributed by atoms with van der Waals surface area (Å²) >= 11 is 0. The molecule has 1 aliphatic rings. The van der Waals surface area contributed by atoms with Crippen molar-refractivity contribution < 1.29 is 19.4 Å². The molecule has 1 saturated heterocycles. The molecule has 0 aliphatic carbocycles. The number of ketones is 1. The molecule has 5 nitrogen and oxygen atoms in total. The van der Waals surface area contributed by atoms with Crippen LogP contribution in [0, 0.1) is 5.92 Å². The van der Waals surface area contributed by atoms with E-state index in [9.17, 15) is 9.90 Å². The van der Waals surface area contributed by atoms with Crippen molar-refractivity contribution in [3.8, 4) is 0 Å². The van der Waals surface area contributed by atoms with Gasteiger partial charge >= 0.3 is 0 Å². The van der Waals surface area contributed by atoms with Gasteiger partial charge in [0.05, 0.1) is 18.3 Å². The number of carbonyl (C=O) groups is 1. The van der Waals surface area contributed by atoms with Crippen LogP contribution in [0.5, 0.6) is 0 Å². The van der Waals surface area contributed by atoms with Crippen LogP contribution in [0.25, 0.3) is 0 Å². The average Bonchev–Trinajstić information content (AvgIpc) is 2.65. The molecule has 1 heterocycles. The van der Waals surface area contributed by atoms with E-state index in [1.807, 2.05) is 33.8 Å². The molecule has 1 N–H and O–H groups in total. The number of rotatable bonds is 12. The Morgan fingerprint density at radius 1 is 1.29 bits per heavy atom. The van der Waals surface area contributed by atoms with Crippen molar-refractivity contribution in [2.75, 3.05) is 14.1 Å². The molecule has 0 aromatic carbocycles. The van der Waals surface area contributed by atoms with E-state index in [0.717, 1.165) is 50.5 Å². The van der Waals surface area contributed by atoms with Crippen LogP contribution in [0.15, 0.2) is 11.6 Å². The van der Waals surface area contributed by atoms with Crippen LogP contribution in [0.3, 0.4) is 0 Å². The zero-order chi connectivity index (χ0) is 21.3. The Hall–Kier alpha value is -0.750. The highest BCUT2D eigenvalue weighted by molar-refractivity contribution is 5.96. The Kier molecular flexibility index (Phi) is 11.5. The molecule has 1 fully saturated rings. The SMILES string of the molecule is CC/C=C(\C)C(=O)[C@H](C)[C@H](CCC[C@@H](O)CC)O[C@H]1CC[C@H](N(C)C)C(C)O1. The van der Waals surface area contributed by atoms with Gasteiger partial charge in [0.1, 0.15) is 0 Å². The summed E-state index contributed by atoms with van der Waals surface area (Å²) in [5, 5.41) is 9.87. The highest BCUT2D eigenvalue weighted by atomic mass is 16.7. The summed E-state index contributed by atoms with van der Waals surface area (Å²) in [7, 11) is 4.16. The van der Waals surface area contributed by atoms with Gasteiger partial charge in [-0.25, -0.2) is 0 Å². The standard InChI is InChI=1S/C23H43NO4/c1-8-11-16(3)23(26)17(4)21(13-10-12-19(25)9-2)28-22-15-14-20(24(6)7)18(5)27-22/h11,17-22,25H,8-10,12-15H2,1-7H3/b16-11+/t17-,18?,19+,20+,21+,22+/m1/s1. The van der Waals surface area contributed by atoms with Gasteiger partial charge in [-0.2, -0.15) is 0 Å². The lowest BCUT2D eigenvalue weighted by Gasteiger charge is -2.39. The summed E-state index contributed by atoms with van der Waals surface area (Å²) in [6.45, 7) is 9.98. The van der Waals surface area contributed by atoms with Crippen LogP contribution in [0.1, 0.15) is 79.6 Å². The monoisotopic (exact) mass is 397 g/mol. The van der Waals surface area contributed by atoms with E-state index in [0.29, 0.717) is 6.04 Å². The summed E-state index contributed by atoms with van der Waals surface area (Å²) in [5.74, 6) is -0.0648. The second-order valence-electron chi connectivity index (χ2n) is 8.49. The fourth-order valence-corrected chi connectivity index (χ4v) is 4.04. The summed E-state index contributed by atoms with van der Waals surface area (Å²) in [4.78, 5) is 15.0. The number of nitrogens with zero attached hydrogens (tertiary/aromatic N) is 1. The van der Waals surface area contributed by atoms with Crippen molar-refractivity contribution in [2.45, 2.75) is 110 Å². The van der Waals surface area contributed by atoms with Crippen LogP contribution in [-0.4, -0.2) is 60.5 Å². The Labute approximate surface area is 172 Å². The molecule has 1 aliphatic heterocycles. The highest BCUT2D eigenvalue weighted by Gasteiger charge is 2.34. The topological polar surface area (TPSA) is 59.0 Å². The minimum atomic E-state index is -0.278. The number of hydrogen-bond donors (Lipinski definition) is 1. The quantitative estimate of drug-likeness (QED) is 0.497. The fraction of sp³-hybridized carbons (Fsp3) is 0.870. The van der Waals surface area contributed by atoms with Crippen molar-refractivity contribution >= 4 is 5.78 Å². The van der Waals surface area contributed by atoms with Gasteiger partial charge in [0.25, 0.3) is 0 Å². The van der Waals surface area contributed by atoms with Gasteiger partial charge in [-0.1, -0.05) is 26.8 Å². The number of hydrogen-bond acceptors (Lipinski definition) is 5. The van der Waals surface area contributed by atoms with E-state index in [1.165, 1.54) is 0 Å². The Morgan fingerprint density at radius 2 is 1.96 bits per heavy atom. The summed E-state index contributed by atoms with van der Waals surface area (Å²) in [6.07, 6.45) is 7.17. The van der Waals surface area contributed by atoms with Gasteiger partial charge in [0.15, 0.2) is 12.1 Å². The van der Waals surface area contributed by atoms with Gasteiger partial charge < -0.3 is 19.5 Å². The van der Waals surface area contributed by atoms with Gasteiger partial charge in [-0.3, -0.25) is 4.79 Å². The molecule has 6 atom stereocenters.